The first-order valence-corrected chi connectivity index (χ1v) is 18.9. The van der Waals surface area contributed by atoms with E-state index in [0.29, 0.717) is 36.5 Å². The molecule has 0 aliphatic heterocycles. The molecule has 0 saturated carbocycles. The average Bonchev–Trinajstić information content (AvgIpc) is 3.06. The van der Waals surface area contributed by atoms with Crippen molar-refractivity contribution < 1.29 is 37.7 Å². The van der Waals surface area contributed by atoms with Gasteiger partial charge in [-0.15, -0.1) is 0 Å². The van der Waals surface area contributed by atoms with Gasteiger partial charge in [-0.3, -0.25) is 24.2 Å². The number of Topliss-reactive ketones (excluding diaryl/α,β-unsaturated/α-hetero) is 2. The summed E-state index contributed by atoms with van der Waals surface area (Å²) in [5.41, 5.74) is 12.6. The van der Waals surface area contributed by atoms with Gasteiger partial charge in [0, 0.05) is 35.5 Å². The van der Waals surface area contributed by atoms with E-state index >= 15 is 0 Å². The number of hydrogen-bond donors (Lipinski definition) is 6. The van der Waals surface area contributed by atoms with Crippen LogP contribution in [0.4, 0.5) is 0 Å². The van der Waals surface area contributed by atoms with Gasteiger partial charge in [-0.05, 0) is 75.8 Å². The number of aliphatic hydroxyl groups is 1. The lowest BCUT2D eigenvalue weighted by molar-refractivity contribution is -0.135. The van der Waals surface area contributed by atoms with Crippen LogP contribution in [0.3, 0.4) is 0 Å². The summed E-state index contributed by atoms with van der Waals surface area (Å²) >= 11 is 5.94. The van der Waals surface area contributed by atoms with Crippen molar-refractivity contribution >= 4 is 51.7 Å². The van der Waals surface area contributed by atoms with Crippen LogP contribution in [0.1, 0.15) is 59.3 Å². The molecule has 0 unspecified atom stereocenters. The SMILES string of the molecule is CB(O)[C@H](C)CC(=O)[C@H](CCCCN)NC(=O)[C@H](C)CC(=O)[C@@H](NC(=O)[C@H](CCN)CS(=O)(=O)c1ccc(-c2ccc(Cl)cc2)nc1)[C@@H](C)O. The van der Waals surface area contributed by atoms with Crippen molar-refractivity contribution in [1.82, 2.24) is 15.6 Å². The van der Waals surface area contributed by atoms with Crippen LogP contribution in [0.2, 0.25) is 17.7 Å². The molecule has 0 radical (unpaired) electrons. The van der Waals surface area contributed by atoms with Crippen LogP contribution < -0.4 is 22.1 Å². The van der Waals surface area contributed by atoms with Crippen molar-refractivity contribution in [1.29, 1.82) is 0 Å². The second kappa shape index (κ2) is 20.6. The quantitative estimate of drug-likeness (QED) is 0.0758. The van der Waals surface area contributed by atoms with Crippen LogP contribution in [-0.2, 0) is 29.0 Å². The molecule has 2 amide bonds. The number of carbonyl (C=O) groups excluding carboxylic acids is 4. The molecule has 6 atom stereocenters. The fourth-order valence-electron chi connectivity index (χ4n) is 5.22. The molecule has 1 aromatic carbocycles. The van der Waals surface area contributed by atoms with Crippen molar-refractivity contribution in [2.24, 2.45) is 23.3 Å². The second-order valence-electron chi connectivity index (χ2n) is 13.0. The summed E-state index contributed by atoms with van der Waals surface area (Å²) in [6.07, 6.45) is 1.08. The number of halogens is 1. The predicted molar refractivity (Wildman–Crippen MR) is 194 cm³/mol. The highest BCUT2D eigenvalue weighted by Gasteiger charge is 2.34. The minimum absolute atomic E-state index is 0.0197. The number of nitrogens with one attached hydrogen (secondary N) is 2. The molecule has 0 aliphatic rings. The number of nitrogens with zero attached hydrogens (tertiary/aromatic N) is 1. The monoisotopic (exact) mass is 735 g/mol. The second-order valence-corrected chi connectivity index (χ2v) is 15.4. The van der Waals surface area contributed by atoms with Gasteiger partial charge in [0.25, 0.3) is 6.92 Å². The van der Waals surface area contributed by atoms with E-state index in [1.54, 1.807) is 44.1 Å². The van der Waals surface area contributed by atoms with Crippen LogP contribution in [0, 0.1) is 11.8 Å². The van der Waals surface area contributed by atoms with E-state index in [0.717, 1.165) is 5.56 Å². The molecule has 0 bridgehead atoms. The number of hydrogen-bond acceptors (Lipinski definition) is 11. The highest BCUT2D eigenvalue weighted by Crippen LogP contribution is 2.23. The Kier molecular flexibility index (Phi) is 17.7. The van der Waals surface area contributed by atoms with E-state index in [9.17, 15) is 37.7 Å². The van der Waals surface area contributed by atoms with Crippen LogP contribution in [0.5, 0.6) is 0 Å². The zero-order chi connectivity index (χ0) is 37.6. The summed E-state index contributed by atoms with van der Waals surface area (Å²) in [5, 5.41) is 26.0. The number of carbonyl (C=O) groups is 4. The largest absolute Gasteiger partial charge is 0.450 e. The third kappa shape index (κ3) is 13.5. The molecule has 276 valence electrons. The molecule has 0 spiro atoms. The van der Waals surface area contributed by atoms with Gasteiger partial charge in [0.05, 0.1) is 34.4 Å². The predicted octanol–water partition coefficient (Wildman–Crippen LogP) is 2.18. The Morgan fingerprint density at radius 2 is 1.56 bits per heavy atom. The Morgan fingerprint density at radius 1 is 0.900 bits per heavy atom. The van der Waals surface area contributed by atoms with E-state index < -0.39 is 70.1 Å². The van der Waals surface area contributed by atoms with Crippen LogP contribution in [0.25, 0.3) is 11.3 Å². The van der Waals surface area contributed by atoms with Crippen molar-refractivity contribution in [3.05, 3.63) is 47.6 Å². The van der Waals surface area contributed by atoms with Crippen molar-refractivity contribution in [2.45, 2.75) is 95.0 Å². The third-order valence-electron chi connectivity index (χ3n) is 8.62. The van der Waals surface area contributed by atoms with Gasteiger partial charge in [0.15, 0.2) is 21.4 Å². The Balaban J connectivity index is 2.12. The van der Waals surface area contributed by atoms with Crippen LogP contribution >= 0.6 is 11.6 Å². The lowest BCUT2D eigenvalue weighted by Crippen LogP contribution is -2.51. The van der Waals surface area contributed by atoms with Gasteiger partial charge < -0.3 is 32.2 Å². The molecule has 2 rings (SSSR count). The number of amides is 2. The highest BCUT2D eigenvalue weighted by atomic mass is 35.5. The molecule has 8 N–H and O–H groups in total. The number of unbranched alkanes of at least 4 members (excludes halogenated alkanes) is 1. The summed E-state index contributed by atoms with van der Waals surface area (Å²) < 4.78 is 26.6. The third-order valence-corrected chi connectivity index (χ3v) is 10.7. The van der Waals surface area contributed by atoms with Crippen molar-refractivity contribution in [3.8, 4) is 11.3 Å². The molecule has 0 fully saturated rings. The maximum atomic E-state index is 13.4. The molecule has 13 nitrogen and oxygen atoms in total. The van der Waals surface area contributed by atoms with E-state index in [4.69, 9.17) is 23.1 Å². The molecule has 0 aliphatic carbocycles. The molecule has 1 heterocycles. The maximum Gasteiger partial charge on any atom is 0.289 e. The van der Waals surface area contributed by atoms with Crippen molar-refractivity contribution in [3.63, 3.8) is 0 Å². The number of aromatic nitrogens is 1. The fraction of sp³-hybridized carbons (Fsp3) is 0.559. The van der Waals surface area contributed by atoms with Gasteiger partial charge in [0.1, 0.15) is 6.04 Å². The summed E-state index contributed by atoms with van der Waals surface area (Å²) in [4.78, 5) is 56.9. The van der Waals surface area contributed by atoms with Gasteiger partial charge in [-0.25, -0.2) is 8.42 Å². The van der Waals surface area contributed by atoms with E-state index in [1.165, 1.54) is 26.1 Å². The summed E-state index contributed by atoms with van der Waals surface area (Å²) in [6, 6.07) is 7.54. The van der Waals surface area contributed by atoms with E-state index in [-0.39, 0.29) is 42.3 Å². The number of rotatable bonds is 22. The zero-order valence-electron chi connectivity index (χ0n) is 29.2. The number of benzene rings is 1. The summed E-state index contributed by atoms with van der Waals surface area (Å²) in [7, 11) is -4.03. The van der Waals surface area contributed by atoms with Gasteiger partial charge in [-0.1, -0.05) is 44.4 Å². The standard InChI is InChI=1S/C34H51BClN5O8S/c1-21(33(45)40-29(7-5-6-15-37)30(43)18-22(2)35(4)47)17-31(44)32(23(3)42)41-34(46)25(14-16-38)20-50(48,49)27-12-13-28(39-19-27)24-8-10-26(36)11-9-24/h8-13,19,21-23,25,29,32,42,47H,5-7,14-18,20,37-38H2,1-4H3,(H,40,45)(H,41,46)/t21-,22-,23-,25-,29+,32+/m1/s1. The molecular formula is C34H51BClN5O8S. The van der Waals surface area contributed by atoms with Gasteiger partial charge in [-0.2, -0.15) is 0 Å². The summed E-state index contributed by atoms with van der Waals surface area (Å²) in [6.45, 7) is 5.80. The number of nitrogens with two attached hydrogens (primary N) is 2. The van der Waals surface area contributed by atoms with Crippen LogP contribution in [-0.4, -0.2) is 90.9 Å². The first-order chi connectivity index (χ1) is 23.5. The Hall–Kier alpha value is -3.21. The van der Waals surface area contributed by atoms with Gasteiger partial charge >= 0.3 is 0 Å². The molecule has 16 heteroatoms. The lowest BCUT2D eigenvalue weighted by Gasteiger charge is -2.25. The number of pyridine rings is 1. The highest BCUT2D eigenvalue weighted by molar-refractivity contribution is 7.91. The minimum atomic E-state index is -4.03. The molecule has 1 aromatic heterocycles. The zero-order valence-corrected chi connectivity index (χ0v) is 30.8. The van der Waals surface area contributed by atoms with E-state index in [1.807, 2.05) is 0 Å². The molecule has 0 saturated heterocycles. The van der Waals surface area contributed by atoms with Crippen LogP contribution in [0.15, 0.2) is 47.5 Å². The van der Waals surface area contributed by atoms with E-state index in [2.05, 4.69) is 15.6 Å². The average molecular weight is 736 g/mol. The maximum absolute atomic E-state index is 13.4. The first-order valence-electron chi connectivity index (χ1n) is 16.9. The fourth-order valence-corrected chi connectivity index (χ4v) is 6.88. The lowest BCUT2D eigenvalue weighted by atomic mass is 9.58. The number of ketones is 2. The van der Waals surface area contributed by atoms with Crippen molar-refractivity contribution in [2.75, 3.05) is 18.8 Å². The van der Waals surface area contributed by atoms with Gasteiger partial charge in [0.2, 0.25) is 11.8 Å². The first kappa shape index (κ1) is 43.0. The number of sulfone groups is 1. The Morgan fingerprint density at radius 3 is 2.10 bits per heavy atom. The topological polar surface area (TPSA) is 232 Å². The molecule has 50 heavy (non-hydrogen) atoms. The minimum Gasteiger partial charge on any atom is -0.450 e. The summed E-state index contributed by atoms with van der Waals surface area (Å²) in [5.74, 6) is -5.27. The smallest absolute Gasteiger partial charge is 0.289 e. The number of aliphatic hydroxyl groups excluding tert-OH is 1. The Bertz CT molecular complexity index is 1530. The normalized spacial score (nSPS) is 15.2. The molecular weight excluding hydrogens is 685 g/mol. The Labute approximate surface area is 300 Å². The molecule has 2 aromatic rings.